The number of rotatable bonds is 5. The molecule has 0 aromatic heterocycles. The molecule has 0 aromatic rings. The van der Waals surface area contributed by atoms with Crippen LogP contribution in [0.1, 0.15) is 47.5 Å². The highest BCUT2D eigenvalue weighted by atomic mass is 16.5. The van der Waals surface area contributed by atoms with Gasteiger partial charge in [-0.25, -0.2) is 4.79 Å². The lowest BCUT2D eigenvalue weighted by Crippen LogP contribution is -2.23. The van der Waals surface area contributed by atoms with Gasteiger partial charge >= 0.3 is 5.97 Å². The molecule has 3 nitrogen and oxygen atoms in total. The van der Waals surface area contributed by atoms with Crippen LogP contribution in [0.2, 0.25) is 0 Å². The summed E-state index contributed by atoms with van der Waals surface area (Å²) in [6.07, 6.45) is 5.70. The van der Waals surface area contributed by atoms with Gasteiger partial charge in [-0.1, -0.05) is 38.5 Å². The highest BCUT2D eigenvalue weighted by Gasteiger charge is 2.13. The van der Waals surface area contributed by atoms with Crippen LogP contribution in [-0.4, -0.2) is 19.1 Å². The summed E-state index contributed by atoms with van der Waals surface area (Å²) in [5, 5.41) is 0. The van der Waals surface area contributed by atoms with E-state index in [1.54, 1.807) is 13.0 Å². The fourth-order valence-electron chi connectivity index (χ4n) is 1.43. The minimum Gasteiger partial charge on any atom is -0.466 e. The van der Waals surface area contributed by atoms with Gasteiger partial charge < -0.3 is 10.5 Å². The van der Waals surface area contributed by atoms with Gasteiger partial charge in [-0.3, -0.25) is 0 Å². The molecule has 0 saturated heterocycles. The first-order valence-corrected chi connectivity index (χ1v) is 6.36. The Labute approximate surface area is 111 Å². The van der Waals surface area contributed by atoms with Gasteiger partial charge in [0.05, 0.1) is 7.11 Å². The van der Waals surface area contributed by atoms with Crippen LogP contribution in [0.15, 0.2) is 23.3 Å². The van der Waals surface area contributed by atoms with Crippen LogP contribution in [0.4, 0.5) is 0 Å². The molecule has 0 aromatic carbocycles. The van der Waals surface area contributed by atoms with Crippen molar-refractivity contribution in [3.05, 3.63) is 23.3 Å². The smallest absolute Gasteiger partial charge is 0.333 e. The predicted molar refractivity (Wildman–Crippen MR) is 76.2 cm³/mol. The molecule has 0 aliphatic rings. The maximum atomic E-state index is 11.2. The first kappa shape index (κ1) is 16.9. The molecule has 0 bridgehead atoms. The van der Waals surface area contributed by atoms with Crippen LogP contribution in [0, 0.1) is 5.41 Å². The molecular formula is C15H27NO2. The average molecular weight is 253 g/mol. The lowest BCUT2D eigenvalue weighted by atomic mass is 9.87. The number of methoxy groups -OCH3 is 1. The van der Waals surface area contributed by atoms with Gasteiger partial charge in [0, 0.05) is 11.6 Å². The molecule has 0 aliphatic carbocycles. The lowest BCUT2D eigenvalue weighted by molar-refractivity contribution is -0.136. The molecule has 0 fully saturated rings. The standard InChI is InChI=1S/C15H27NO2/c1-11(7-8-12(2)14(17)18-6)13(16)9-10-15(3,4)5/h7-8,13H,9-10,16H2,1-6H3/b11-7+,12-8+. The molecule has 0 heterocycles. The number of esters is 1. The molecule has 1 unspecified atom stereocenters. The van der Waals surface area contributed by atoms with E-state index in [1.165, 1.54) is 7.11 Å². The summed E-state index contributed by atoms with van der Waals surface area (Å²) in [6.45, 7) is 10.4. The predicted octanol–water partition coefficient (Wildman–Crippen LogP) is 3.21. The molecule has 0 rings (SSSR count). The third-order valence-electron chi connectivity index (χ3n) is 2.89. The van der Waals surface area contributed by atoms with Gasteiger partial charge in [0.25, 0.3) is 0 Å². The quantitative estimate of drug-likeness (QED) is 0.465. The second kappa shape index (κ2) is 7.37. The van der Waals surface area contributed by atoms with Gasteiger partial charge in [0.1, 0.15) is 0 Å². The van der Waals surface area contributed by atoms with Crippen molar-refractivity contribution in [2.24, 2.45) is 11.1 Å². The van der Waals surface area contributed by atoms with Crippen LogP contribution >= 0.6 is 0 Å². The van der Waals surface area contributed by atoms with Crippen LogP contribution in [0.25, 0.3) is 0 Å². The second-order valence-corrected chi connectivity index (χ2v) is 5.96. The van der Waals surface area contributed by atoms with Gasteiger partial charge in [0.15, 0.2) is 0 Å². The number of carbonyl (C=O) groups excluding carboxylic acids is 1. The Bertz CT molecular complexity index is 335. The Hall–Kier alpha value is -1.09. The van der Waals surface area contributed by atoms with E-state index in [4.69, 9.17) is 5.73 Å². The number of hydrogen-bond acceptors (Lipinski definition) is 3. The lowest BCUT2D eigenvalue weighted by Gasteiger charge is -2.21. The minimum absolute atomic E-state index is 0.0471. The molecule has 0 amide bonds. The number of allylic oxidation sites excluding steroid dienone is 2. The van der Waals surface area contributed by atoms with Crippen molar-refractivity contribution >= 4 is 5.97 Å². The molecular weight excluding hydrogens is 226 g/mol. The second-order valence-electron chi connectivity index (χ2n) is 5.96. The van der Waals surface area contributed by atoms with Gasteiger partial charge in [-0.2, -0.15) is 0 Å². The molecule has 0 spiro atoms. The Morgan fingerprint density at radius 2 is 1.83 bits per heavy atom. The van der Waals surface area contributed by atoms with Crippen molar-refractivity contribution in [3.63, 3.8) is 0 Å². The summed E-state index contributed by atoms with van der Waals surface area (Å²) >= 11 is 0. The van der Waals surface area contributed by atoms with Crippen LogP contribution < -0.4 is 5.73 Å². The molecule has 2 N–H and O–H groups in total. The van der Waals surface area contributed by atoms with E-state index in [2.05, 4.69) is 25.5 Å². The first-order chi connectivity index (χ1) is 8.17. The zero-order chi connectivity index (χ0) is 14.3. The third kappa shape index (κ3) is 7.28. The zero-order valence-electron chi connectivity index (χ0n) is 12.5. The van der Waals surface area contributed by atoms with E-state index < -0.39 is 0 Å². The molecule has 18 heavy (non-hydrogen) atoms. The van der Waals surface area contributed by atoms with Crippen molar-refractivity contribution in [3.8, 4) is 0 Å². The summed E-state index contributed by atoms with van der Waals surface area (Å²) in [7, 11) is 1.38. The maximum absolute atomic E-state index is 11.2. The van der Waals surface area contributed by atoms with E-state index >= 15 is 0 Å². The normalized spacial score (nSPS) is 15.5. The summed E-state index contributed by atoms with van der Waals surface area (Å²) in [6, 6.07) is 0.0471. The zero-order valence-corrected chi connectivity index (χ0v) is 12.5. The fourth-order valence-corrected chi connectivity index (χ4v) is 1.43. The summed E-state index contributed by atoms with van der Waals surface area (Å²) < 4.78 is 4.63. The molecule has 0 aliphatic heterocycles. The van der Waals surface area contributed by atoms with E-state index in [9.17, 15) is 4.79 Å². The number of carbonyl (C=O) groups is 1. The Morgan fingerprint density at radius 1 is 1.28 bits per heavy atom. The average Bonchev–Trinajstić information content (AvgIpc) is 2.30. The van der Waals surface area contributed by atoms with Gasteiger partial charge in [-0.15, -0.1) is 0 Å². The SMILES string of the molecule is COC(=O)/C(C)=C/C=C(\C)C(N)CCC(C)(C)C. The van der Waals surface area contributed by atoms with Crippen molar-refractivity contribution in [2.45, 2.75) is 53.5 Å². The highest BCUT2D eigenvalue weighted by molar-refractivity contribution is 5.87. The van der Waals surface area contributed by atoms with Crippen molar-refractivity contribution in [1.82, 2.24) is 0 Å². The van der Waals surface area contributed by atoms with Crippen molar-refractivity contribution in [2.75, 3.05) is 7.11 Å². The molecule has 0 saturated carbocycles. The molecule has 1 atom stereocenters. The van der Waals surface area contributed by atoms with E-state index in [0.29, 0.717) is 11.0 Å². The largest absolute Gasteiger partial charge is 0.466 e. The highest BCUT2D eigenvalue weighted by Crippen LogP contribution is 2.22. The van der Waals surface area contributed by atoms with Crippen molar-refractivity contribution in [1.29, 1.82) is 0 Å². The molecule has 3 heteroatoms. The van der Waals surface area contributed by atoms with Crippen LogP contribution in [0.3, 0.4) is 0 Å². The number of hydrogen-bond donors (Lipinski definition) is 1. The first-order valence-electron chi connectivity index (χ1n) is 6.36. The van der Waals surface area contributed by atoms with Crippen LogP contribution in [-0.2, 0) is 9.53 Å². The minimum atomic E-state index is -0.303. The number of nitrogens with two attached hydrogens (primary N) is 1. The van der Waals surface area contributed by atoms with Gasteiger partial charge in [0.2, 0.25) is 0 Å². The summed E-state index contributed by atoms with van der Waals surface area (Å²) in [5.74, 6) is -0.303. The number of ether oxygens (including phenoxy) is 1. The Kier molecular flexibility index (Phi) is 6.92. The molecule has 0 radical (unpaired) electrons. The third-order valence-corrected chi connectivity index (χ3v) is 2.89. The Balaban J connectivity index is 4.46. The molecule has 104 valence electrons. The summed E-state index contributed by atoms with van der Waals surface area (Å²) in [4.78, 5) is 11.2. The fraction of sp³-hybridized carbons (Fsp3) is 0.667. The topological polar surface area (TPSA) is 52.3 Å². The van der Waals surface area contributed by atoms with Crippen LogP contribution in [0.5, 0.6) is 0 Å². The summed E-state index contributed by atoms with van der Waals surface area (Å²) in [5.41, 5.74) is 8.08. The van der Waals surface area contributed by atoms with E-state index in [1.807, 2.05) is 13.0 Å². The monoisotopic (exact) mass is 253 g/mol. The van der Waals surface area contributed by atoms with E-state index in [-0.39, 0.29) is 12.0 Å². The van der Waals surface area contributed by atoms with Crippen molar-refractivity contribution < 1.29 is 9.53 Å². The van der Waals surface area contributed by atoms with Gasteiger partial charge in [-0.05, 0) is 32.1 Å². The van der Waals surface area contributed by atoms with E-state index in [0.717, 1.165) is 18.4 Å². The Morgan fingerprint density at radius 3 is 2.28 bits per heavy atom. The maximum Gasteiger partial charge on any atom is 0.333 e.